The standard InChI is InChI=1S/C12H22O4S2/c1-3-18(14,15)8-4-7-17-10-12(5-6-12)9-11(13)16-2/h3-10H2,1-2H3. The fraction of sp³-hybridized carbons (Fsp3) is 0.917. The van der Waals surface area contributed by atoms with Crippen LogP contribution in [0.1, 0.15) is 32.6 Å². The fourth-order valence-corrected chi connectivity index (χ4v) is 4.11. The summed E-state index contributed by atoms with van der Waals surface area (Å²) in [6, 6.07) is 0. The molecule has 0 amide bonds. The average molecular weight is 294 g/mol. The highest BCUT2D eigenvalue weighted by atomic mass is 32.2. The smallest absolute Gasteiger partial charge is 0.306 e. The molecule has 0 aliphatic heterocycles. The van der Waals surface area contributed by atoms with Gasteiger partial charge in [0.1, 0.15) is 9.84 Å². The molecule has 0 radical (unpaired) electrons. The molecule has 0 saturated heterocycles. The van der Waals surface area contributed by atoms with Crippen LogP contribution in [0.25, 0.3) is 0 Å². The van der Waals surface area contributed by atoms with Gasteiger partial charge in [-0.15, -0.1) is 0 Å². The second kappa shape index (κ2) is 6.80. The summed E-state index contributed by atoms with van der Waals surface area (Å²) in [5.41, 5.74) is 0.140. The quantitative estimate of drug-likeness (QED) is 0.480. The summed E-state index contributed by atoms with van der Waals surface area (Å²) in [5.74, 6) is 2.16. The molecule has 0 N–H and O–H groups in total. The molecule has 1 fully saturated rings. The monoisotopic (exact) mass is 294 g/mol. The Kier molecular flexibility index (Phi) is 5.98. The third-order valence-corrected chi connectivity index (χ3v) is 6.48. The zero-order valence-electron chi connectivity index (χ0n) is 11.1. The van der Waals surface area contributed by atoms with E-state index in [0.717, 1.165) is 24.3 Å². The molecule has 0 unspecified atom stereocenters. The highest BCUT2D eigenvalue weighted by Crippen LogP contribution is 2.51. The summed E-state index contributed by atoms with van der Waals surface area (Å²) in [4.78, 5) is 11.2. The molecular formula is C12H22O4S2. The zero-order valence-corrected chi connectivity index (χ0v) is 12.7. The minimum Gasteiger partial charge on any atom is -0.469 e. The largest absolute Gasteiger partial charge is 0.469 e. The van der Waals surface area contributed by atoms with Crippen molar-refractivity contribution in [2.75, 3.05) is 30.1 Å². The van der Waals surface area contributed by atoms with Crippen molar-refractivity contribution in [3.63, 3.8) is 0 Å². The first-order valence-corrected chi connectivity index (χ1v) is 9.26. The van der Waals surface area contributed by atoms with Gasteiger partial charge in [-0.2, -0.15) is 11.8 Å². The van der Waals surface area contributed by atoms with Gasteiger partial charge in [0.15, 0.2) is 0 Å². The number of rotatable bonds is 9. The van der Waals surface area contributed by atoms with Gasteiger partial charge in [0.2, 0.25) is 0 Å². The van der Waals surface area contributed by atoms with Crippen molar-refractivity contribution in [3.05, 3.63) is 0 Å². The molecule has 0 spiro atoms. The first kappa shape index (κ1) is 15.8. The van der Waals surface area contributed by atoms with Crippen LogP contribution < -0.4 is 0 Å². The Hall–Kier alpha value is -0.230. The van der Waals surface area contributed by atoms with Gasteiger partial charge in [-0.3, -0.25) is 4.79 Å². The number of esters is 1. The maximum Gasteiger partial charge on any atom is 0.306 e. The van der Waals surface area contributed by atoms with E-state index in [1.54, 1.807) is 18.7 Å². The minimum absolute atomic E-state index is 0.137. The Bertz CT molecular complexity index is 372. The second-order valence-electron chi connectivity index (χ2n) is 4.90. The highest BCUT2D eigenvalue weighted by molar-refractivity contribution is 7.99. The van der Waals surface area contributed by atoms with Crippen LogP contribution in [0.15, 0.2) is 0 Å². The van der Waals surface area contributed by atoms with Crippen LogP contribution in [0, 0.1) is 5.41 Å². The lowest BCUT2D eigenvalue weighted by atomic mass is 10.1. The Morgan fingerprint density at radius 1 is 1.39 bits per heavy atom. The van der Waals surface area contributed by atoms with E-state index in [1.807, 2.05) is 0 Å². The van der Waals surface area contributed by atoms with Gasteiger partial charge < -0.3 is 4.74 Å². The molecule has 0 heterocycles. The number of carbonyl (C=O) groups excluding carboxylic acids is 1. The third kappa shape index (κ3) is 5.61. The third-order valence-electron chi connectivity index (χ3n) is 3.30. The van der Waals surface area contributed by atoms with Gasteiger partial charge in [0.05, 0.1) is 19.3 Å². The second-order valence-corrected chi connectivity index (χ2v) is 8.47. The number of carbonyl (C=O) groups is 1. The van der Waals surface area contributed by atoms with Crippen molar-refractivity contribution in [1.82, 2.24) is 0 Å². The number of sulfone groups is 1. The van der Waals surface area contributed by atoms with Gasteiger partial charge >= 0.3 is 5.97 Å². The van der Waals surface area contributed by atoms with E-state index in [-0.39, 0.29) is 22.9 Å². The van der Waals surface area contributed by atoms with E-state index in [4.69, 9.17) is 0 Å². The summed E-state index contributed by atoms with van der Waals surface area (Å²) in [6.45, 7) is 1.68. The lowest BCUT2D eigenvalue weighted by Gasteiger charge is -2.12. The Morgan fingerprint density at radius 2 is 2.06 bits per heavy atom. The Labute approximate surface area is 114 Å². The number of hydrogen-bond acceptors (Lipinski definition) is 5. The van der Waals surface area contributed by atoms with Crippen molar-refractivity contribution in [2.24, 2.45) is 5.41 Å². The van der Waals surface area contributed by atoms with Crippen LogP contribution in [0.4, 0.5) is 0 Å². The molecule has 6 heteroatoms. The topological polar surface area (TPSA) is 60.4 Å². The predicted molar refractivity (Wildman–Crippen MR) is 74.6 cm³/mol. The van der Waals surface area contributed by atoms with E-state index in [9.17, 15) is 13.2 Å². The van der Waals surface area contributed by atoms with Gasteiger partial charge in [-0.1, -0.05) is 6.92 Å². The molecule has 1 rings (SSSR count). The maximum absolute atomic E-state index is 11.3. The Morgan fingerprint density at radius 3 is 2.56 bits per heavy atom. The molecule has 1 aliphatic carbocycles. The normalized spacial score (nSPS) is 17.4. The molecule has 4 nitrogen and oxygen atoms in total. The van der Waals surface area contributed by atoms with Gasteiger partial charge in [-0.25, -0.2) is 8.42 Å². The van der Waals surface area contributed by atoms with Gasteiger partial charge in [-0.05, 0) is 36.2 Å². The lowest BCUT2D eigenvalue weighted by molar-refractivity contribution is -0.141. The van der Waals surface area contributed by atoms with Crippen LogP contribution in [-0.4, -0.2) is 44.5 Å². The molecule has 0 bridgehead atoms. The molecule has 18 heavy (non-hydrogen) atoms. The lowest BCUT2D eigenvalue weighted by Crippen LogP contribution is -2.14. The van der Waals surface area contributed by atoms with Crippen molar-refractivity contribution in [1.29, 1.82) is 0 Å². The summed E-state index contributed by atoms with van der Waals surface area (Å²) in [7, 11) is -1.41. The van der Waals surface area contributed by atoms with E-state index in [0.29, 0.717) is 12.8 Å². The number of thioether (sulfide) groups is 1. The molecule has 1 aliphatic rings. The Balaban J connectivity index is 2.13. The average Bonchev–Trinajstić information content (AvgIpc) is 3.08. The highest BCUT2D eigenvalue weighted by Gasteiger charge is 2.44. The van der Waals surface area contributed by atoms with Crippen LogP contribution >= 0.6 is 11.8 Å². The van der Waals surface area contributed by atoms with Crippen molar-refractivity contribution < 1.29 is 17.9 Å². The summed E-state index contributed by atoms with van der Waals surface area (Å²) in [6.07, 6.45) is 3.38. The molecule has 0 aromatic heterocycles. The van der Waals surface area contributed by atoms with Crippen LogP contribution in [-0.2, 0) is 19.4 Å². The number of hydrogen-bond donors (Lipinski definition) is 0. The summed E-state index contributed by atoms with van der Waals surface area (Å²) < 4.78 is 27.3. The molecule has 0 atom stereocenters. The zero-order chi connectivity index (χ0) is 13.6. The van der Waals surface area contributed by atoms with Crippen molar-refractivity contribution >= 4 is 27.6 Å². The van der Waals surface area contributed by atoms with Crippen molar-refractivity contribution in [2.45, 2.75) is 32.6 Å². The molecule has 106 valence electrons. The SMILES string of the molecule is CCS(=O)(=O)CCCSCC1(CC(=O)OC)CC1. The first-order chi connectivity index (χ1) is 8.43. The van der Waals surface area contributed by atoms with Crippen LogP contribution in [0.3, 0.4) is 0 Å². The summed E-state index contributed by atoms with van der Waals surface area (Å²) >= 11 is 1.75. The number of methoxy groups -OCH3 is 1. The molecule has 0 aromatic rings. The minimum atomic E-state index is -2.83. The molecule has 1 saturated carbocycles. The fourth-order valence-electron chi connectivity index (χ4n) is 1.74. The molecule has 0 aromatic carbocycles. The number of ether oxygens (including phenoxy) is 1. The molecular weight excluding hydrogens is 272 g/mol. The summed E-state index contributed by atoms with van der Waals surface area (Å²) in [5, 5.41) is 0. The van der Waals surface area contributed by atoms with E-state index < -0.39 is 9.84 Å². The van der Waals surface area contributed by atoms with Crippen molar-refractivity contribution in [3.8, 4) is 0 Å². The maximum atomic E-state index is 11.3. The van der Waals surface area contributed by atoms with Gasteiger partial charge in [0, 0.05) is 5.75 Å². The van der Waals surface area contributed by atoms with E-state index in [1.165, 1.54) is 7.11 Å². The van der Waals surface area contributed by atoms with E-state index >= 15 is 0 Å². The first-order valence-electron chi connectivity index (χ1n) is 6.28. The predicted octanol–water partition coefficient (Wildman–Crippen LogP) is 1.89. The van der Waals surface area contributed by atoms with E-state index in [2.05, 4.69) is 4.74 Å². The van der Waals surface area contributed by atoms with Gasteiger partial charge in [0.25, 0.3) is 0 Å². The van der Waals surface area contributed by atoms with Crippen LogP contribution in [0.2, 0.25) is 0 Å². The van der Waals surface area contributed by atoms with Crippen LogP contribution in [0.5, 0.6) is 0 Å².